The Kier molecular flexibility index (Phi) is 6.21. The summed E-state index contributed by atoms with van der Waals surface area (Å²) < 4.78 is 10.4. The third kappa shape index (κ3) is 5.28. The van der Waals surface area contributed by atoms with Gasteiger partial charge >= 0.3 is 5.97 Å². The molecule has 0 heterocycles. The Bertz CT molecular complexity index is 725. The van der Waals surface area contributed by atoms with Crippen LogP contribution in [0.3, 0.4) is 0 Å². The predicted octanol–water partition coefficient (Wildman–Crippen LogP) is 3.52. The molecule has 1 N–H and O–H groups in total. The molecule has 6 heteroatoms. The standard InChI is InChI=1S/C18H18ClNO4/c1-12-5-3-6-13(2)18(12)24-11-17(22)23-10-16(21)20-15-8-4-7-14(19)9-15/h3-9H,10-11H2,1-2H3,(H,20,21). The first kappa shape index (κ1) is 17.8. The van der Waals surface area contributed by atoms with E-state index in [9.17, 15) is 9.59 Å². The molecular formula is C18H18ClNO4. The van der Waals surface area contributed by atoms with Crippen LogP contribution in [-0.4, -0.2) is 25.1 Å². The van der Waals surface area contributed by atoms with E-state index in [0.29, 0.717) is 16.5 Å². The van der Waals surface area contributed by atoms with Crippen LogP contribution in [0.2, 0.25) is 5.02 Å². The quantitative estimate of drug-likeness (QED) is 0.812. The maximum absolute atomic E-state index is 11.7. The summed E-state index contributed by atoms with van der Waals surface area (Å²) in [4.78, 5) is 23.4. The van der Waals surface area contributed by atoms with Crippen LogP contribution in [0.1, 0.15) is 11.1 Å². The first-order valence-corrected chi connectivity index (χ1v) is 7.73. The van der Waals surface area contributed by atoms with Crippen LogP contribution in [0.25, 0.3) is 0 Å². The van der Waals surface area contributed by atoms with Gasteiger partial charge in [0.2, 0.25) is 0 Å². The first-order chi connectivity index (χ1) is 11.5. The number of nitrogens with one attached hydrogen (secondary N) is 1. The van der Waals surface area contributed by atoms with Gasteiger partial charge in [0.1, 0.15) is 5.75 Å². The minimum Gasteiger partial charge on any atom is -0.481 e. The van der Waals surface area contributed by atoms with Gasteiger partial charge in [-0.05, 0) is 43.2 Å². The minimum absolute atomic E-state index is 0.254. The van der Waals surface area contributed by atoms with Crippen molar-refractivity contribution in [3.05, 3.63) is 58.6 Å². The number of amides is 1. The topological polar surface area (TPSA) is 64.6 Å². The number of anilines is 1. The lowest BCUT2D eigenvalue weighted by Gasteiger charge is -2.11. The van der Waals surface area contributed by atoms with Crippen molar-refractivity contribution < 1.29 is 19.1 Å². The van der Waals surface area contributed by atoms with E-state index in [1.165, 1.54) is 0 Å². The molecule has 126 valence electrons. The zero-order valence-electron chi connectivity index (χ0n) is 13.5. The smallest absolute Gasteiger partial charge is 0.344 e. The monoisotopic (exact) mass is 347 g/mol. The van der Waals surface area contributed by atoms with Crippen LogP contribution in [0, 0.1) is 13.8 Å². The molecule has 0 bridgehead atoms. The molecule has 5 nitrogen and oxygen atoms in total. The highest BCUT2D eigenvalue weighted by molar-refractivity contribution is 6.30. The summed E-state index contributed by atoms with van der Waals surface area (Å²) in [5, 5.41) is 3.10. The lowest BCUT2D eigenvalue weighted by Crippen LogP contribution is -2.23. The Morgan fingerprint density at radius 3 is 2.38 bits per heavy atom. The summed E-state index contributed by atoms with van der Waals surface area (Å²) in [5.41, 5.74) is 2.40. The molecule has 0 aliphatic rings. The number of esters is 1. The largest absolute Gasteiger partial charge is 0.481 e. The van der Waals surface area contributed by atoms with Gasteiger partial charge in [-0.25, -0.2) is 4.79 Å². The van der Waals surface area contributed by atoms with Crippen molar-refractivity contribution in [2.24, 2.45) is 0 Å². The van der Waals surface area contributed by atoms with E-state index in [-0.39, 0.29) is 13.2 Å². The van der Waals surface area contributed by atoms with Crippen molar-refractivity contribution >= 4 is 29.2 Å². The predicted molar refractivity (Wildman–Crippen MR) is 92.5 cm³/mol. The average Bonchev–Trinajstić information content (AvgIpc) is 2.52. The molecule has 0 fully saturated rings. The Morgan fingerprint density at radius 2 is 1.71 bits per heavy atom. The van der Waals surface area contributed by atoms with Gasteiger partial charge in [-0.15, -0.1) is 0 Å². The summed E-state index contributed by atoms with van der Waals surface area (Å²) >= 11 is 5.83. The second kappa shape index (κ2) is 8.36. The number of hydrogen-bond donors (Lipinski definition) is 1. The van der Waals surface area contributed by atoms with Gasteiger partial charge in [0.05, 0.1) is 0 Å². The van der Waals surface area contributed by atoms with Crippen LogP contribution in [0.15, 0.2) is 42.5 Å². The van der Waals surface area contributed by atoms with Crippen LogP contribution in [0.5, 0.6) is 5.75 Å². The van der Waals surface area contributed by atoms with Gasteiger partial charge in [-0.3, -0.25) is 4.79 Å². The van der Waals surface area contributed by atoms with Crippen molar-refractivity contribution in [2.45, 2.75) is 13.8 Å². The fourth-order valence-corrected chi connectivity index (χ4v) is 2.30. The van der Waals surface area contributed by atoms with Crippen molar-refractivity contribution in [3.8, 4) is 5.75 Å². The zero-order valence-corrected chi connectivity index (χ0v) is 14.2. The van der Waals surface area contributed by atoms with E-state index in [2.05, 4.69) is 5.32 Å². The van der Waals surface area contributed by atoms with Crippen molar-refractivity contribution in [1.82, 2.24) is 0 Å². The summed E-state index contributed by atoms with van der Waals surface area (Å²) in [6.45, 7) is 3.15. The van der Waals surface area contributed by atoms with E-state index >= 15 is 0 Å². The van der Waals surface area contributed by atoms with Gasteiger partial charge in [0.25, 0.3) is 5.91 Å². The molecule has 2 rings (SSSR count). The van der Waals surface area contributed by atoms with Gasteiger partial charge in [0.15, 0.2) is 13.2 Å². The van der Waals surface area contributed by atoms with E-state index in [1.54, 1.807) is 24.3 Å². The molecule has 0 spiro atoms. The van der Waals surface area contributed by atoms with Gasteiger partial charge in [0, 0.05) is 10.7 Å². The Morgan fingerprint density at radius 1 is 1.04 bits per heavy atom. The molecule has 0 aliphatic carbocycles. The minimum atomic E-state index is -0.612. The molecule has 0 unspecified atom stereocenters. The molecule has 0 saturated carbocycles. The summed E-state index contributed by atoms with van der Waals surface area (Å²) in [6, 6.07) is 12.4. The van der Waals surface area contributed by atoms with Gasteiger partial charge in [-0.1, -0.05) is 35.9 Å². The second-order valence-corrected chi connectivity index (χ2v) is 5.67. The van der Waals surface area contributed by atoms with E-state index in [4.69, 9.17) is 21.1 Å². The summed E-state index contributed by atoms with van der Waals surface area (Å²) in [6.07, 6.45) is 0. The normalized spacial score (nSPS) is 10.1. The number of carbonyl (C=O) groups excluding carboxylic acids is 2. The Labute approximate surface area is 145 Å². The average molecular weight is 348 g/mol. The number of hydrogen-bond acceptors (Lipinski definition) is 4. The fraction of sp³-hybridized carbons (Fsp3) is 0.222. The number of carbonyl (C=O) groups is 2. The van der Waals surface area contributed by atoms with Crippen molar-refractivity contribution in [2.75, 3.05) is 18.5 Å². The van der Waals surface area contributed by atoms with E-state index in [1.807, 2.05) is 32.0 Å². The molecule has 0 saturated heterocycles. The summed E-state index contributed by atoms with van der Waals surface area (Å²) in [7, 11) is 0. The Balaban J connectivity index is 1.78. The highest BCUT2D eigenvalue weighted by Crippen LogP contribution is 2.22. The molecule has 0 aliphatic heterocycles. The van der Waals surface area contributed by atoms with Crippen molar-refractivity contribution in [1.29, 1.82) is 0 Å². The number of ether oxygens (including phenoxy) is 2. The molecule has 2 aromatic rings. The van der Waals surface area contributed by atoms with Gasteiger partial charge < -0.3 is 14.8 Å². The lowest BCUT2D eigenvalue weighted by molar-refractivity contribution is -0.149. The maximum Gasteiger partial charge on any atom is 0.344 e. The second-order valence-electron chi connectivity index (χ2n) is 5.23. The highest BCUT2D eigenvalue weighted by atomic mass is 35.5. The number of benzene rings is 2. The number of para-hydroxylation sites is 1. The molecule has 1 amide bonds. The number of aryl methyl sites for hydroxylation is 2. The lowest BCUT2D eigenvalue weighted by atomic mass is 10.1. The van der Waals surface area contributed by atoms with E-state index < -0.39 is 11.9 Å². The number of rotatable bonds is 6. The van der Waals surface area contributed by atoms with Crippen LogP contribution in [0.4, 0.5) is 5.69 Å². The highest BCUT2D eigenvalue weighted by Gasteiger charge is 2.11. The zero-order chi connectivity index (χ0) is 17.5. The molecule has 0 atom stereocenters. The molecule has 24 heavy (non-hydrogen) atoms. The van der Waals surface area contributed by atoms with Crippen LogP contribution in [-0.2, 0) is 14.3 Å². The molecule has 0 radical (unpaired) electrons. The fourth-order valence-electron chi connectivity index (χ4n) is 2.11. The third-order valence-electron chi connectivity index (χ3n) is 3.22. The summed E-state index contributed by atoms with van der Waals surface area (Å²) in [5.74, 6) is -0.408. The van der Waals surface area contributed by atoms with Crippen LogP contribution >= 0.6 is 11.6 Å². The van der Waals surface area contributed by atoms with Crippen molar-refractivity contribution in [3.63, 3.8) is 0 Å². The van der Waals surface area contributed by atoms with E-state index in [0.717, 1.165) is 11.1 Å². The SMILES string of the molecule is Cc1cccc(C)c1OCC(=O)OCC(=O)Nc1cccc(Cl)c1. The van der Waals surface area contributed by atoms with Gasteiger partial charge in [-0.2, -0.15) is 0 Å². The van der Waals surface area contributed by atoms with Crippen LogP contribution < -0.4 is 10.1 Å². The maximum atomic E-state index is 11.7. The molecule has 0 aromatic heterocycles. The molecule has 2 aromatic carbocycles. The third-order valence-corrected chi connectivity index (χ3v) is 3.45. The number of halogens is 1. The first-order valence-electron chi connectivity index (χ1n) is 7.36. The molecular weight excluding hydrogens is 330 g/mol. The Hall–Kier alpha value is -2.53.